The number of ether oxygens (including phenoxy) is 2. The smallest absolute Gasteiger partial charge is 0.408 e. The van der Waals surface area contributed by atoms with Gasteiger partial charge in [-0.25, -0.2) is 4.79 Å². The molecule has 1 amide bonds. The molecular weight excluding hydrogens is 298 g/mol. The molecule has 1 aliphatic carbocycles. The van der Waals surface area contributed by atoms with Crippen molar-refractivity contribution in [3.8, 4) is 0 Å². The second kappa shape index (κ2) is 7.29. The molecule has 1 heterocycles. The van der Waals surface area contributed by atoms with Crippen LogP contribution < -0.4 is 5.32 Å². The molecule has 0 spiro atoms. The molecule has 0 unspecified atom stereocenters. The number of aromatic nitrogens is 2. The fraction of sp³-hybridized carbons (Fsp3) is 0.812. The van der Waals surface area contributed by atoms with Gasteiger partial charge in [-0.2, -0.15) is 4.98 Å². The number of nitrogens with zero attached hydrogens (tertiary/aromatic N) is 2. The lowest BCUT2D eigenvalue weighted by Gasteiger charge is -2.35. The molecule has 0 atom stereocenters. The molecule has 0 radical (unpaired) electrons. The summed E-state index contributed by atoms with van der Waals surface area (Å²) in [6.45, 7) is 8.30. The summed E-state index contributed by atoms with van der Waals surface area (Å²) in [6, 6.07) is 0. The largest absolute Gasteiger partial charge is 0.444 e. The van der Waals surface area contributed by atoms with E-state index in [1.54, 1.807) is 0 Å². The van der Waals surface area contributed by atoms with Crippen LogP contribution in [0.3, 0.4) is 0 Å². The fourth-order valence-electron chi connectivity index (χ4n) is 2.76. The zero-order valence-corrected chi connectivity index (χ0v) is 14.5. The van der Waals surface area contributed by atoms with Crippen molar-refractivity contribution in [2.45, 2.75) is 77.5 Å². The van der Waals surface area contributed by atoms with Gasteiger partial charge in [0.05, 0.1) is 0 Å². The van der Waals surface area contributed by atoms with Gasteiger partial charge in [-0.3, -0.25) is 0 Å². The predicted molar refractivity (Wildman–Crippen MR) is 83.8 cm³/mol. The molecule has 2 rings (SSSR count). The van der Waals surface area contributed by atoms with Gasteiger partial charge in [-0.1, -0.05) is 24.4 Å². The van der Waals surface area contributed by atoms with Crippen LogP contribution in [-0.4, -0.2) is 28.4 Å². The van der Waals surface area contributed by atoms with Crippen LogP contribution in [0.15, 0.2) is 4.52 Å². The highest BCUT2D eigenvalue weighted by atomic mass is 16.6. The minimum atomic E-state index is -0.617. The Labute approximate surface area is 137 Å². The number of carbonyl (C=O) groups excluding carboxylic acids is 1. The minimum absolute atomic E-state index is 0.284. The van der Waals surface area contributed by atoms with Crippen molar-refractivity contribution in [3.63, 3.8) is 0 Å². The van der Waals surface area contributed by atoms with Crippen LogP contribution in [0.2, 0.25) is 0 Å². The first kappa shape index (κ1) is 17.7. The molecule has 1 N–H and O–H groups in total. The number of rotatable bonds is 5. The highest BCUT2D eigenvalue weighted by molar-refractivity contribution is 5.69. The predicted octanol–water partition coefficient (Wildman–Crippen LogP) is 3.29. The molecule has 1 aromatic heterocycles. The van der Waals surface area contributed by atoms with Crippen molar-refractivity contribution in [3.05, 3.63) is 11.7 Å². The van der Waals surface area contributed by atoms with E-state index in [2.05, 4.69) is 15.5 Å². The van der Waals surface area contributed by atoms with Gasteiger partial charge in [0, 0.05) is 6.61 Å². The van der Waals surface area contributed by atoms with Gasteiger partial charge in [0.2, 0.25) is 0 Å². The lowest BCUT2D eigenvalue weighted by molar-refractivity contribution is 0.0409. The summed E-state index contributed by atoms with van der Waals surface area (Å²) in [5, 5.41) is 7.07. The Bertz CT molecular complexity index is 516. The molecule has 0 aliphatic heterocycles. The SMILES string of the molecule is CCOCc1nc(C2(NC(=O)OC(C)(C)C)CCCCC2)no1. The van der Waals surface area contributed by atoms with E-state index in [1.807, 2.05) is 27.7 Å². The number of amides is 1. The van der Waals surface area contributed by atoms with E-state index in [4.69, 9.17) is 14.0 Å². The topological polar surface area (TPSA) is 86.5 Å². The van der Waals surface area contributed by atoms with Crippen LogP contribution in [0.5, 0.6) is 0 Å². The summed E-state index contributed by atoms with van der Waals surface area (Å²) >= 11 is 0. The standard InChI is InChI=1S/C16H27N3O4/c1-5-21-11-12-17-13(19-23-12)16(9-7-6-8-10-16)18-14(20)22-15(2,3)4/h5-11H2,1-4H3,(H,18,20). The van der Waals surface area contributed by atoms with Gasteiger partial charge in [-0.05, 0) is 40.5 Å². The van der Waals surface area contributed by atoms with Crippen LogP contribution in [0.1, 0.15) is 71.5 Å². The third-order valence-corrected chi connectivity index (χ3v) is 3.77. The first-order chi connectivity index (χ1) is 10.8. The Balaban J connectivity index is 2.15. The maximum Gasteiger partial charge on any atom is 0.408 e. The van der Waals surface area contributed by atoms with E-state index in [1.165, 1.54) is 0 Å². The Hall–Kier alpha value is -1.63. The van der Waals surface area contributed by atoms with Crippen molar-refractivity contribution in [2.75, 3.05) is 6.61 Å². The van der Waals surface area contributed by atoms with Crippen molar-refractivity contribution in [1.29, 1.82) is 0 Å². The molecule has 0 aromatic carbocycles. The quantitative estimate of drug-likeness (QED) is 0.894. The van der Waals surface area contributed by atoms with E-state index in [-0.39, 0.29) is 6.61 Å². The molecule has 0 saturated heterocycles. The minimum Gasteiger partial charge on any atom is -0.444 e. The van der Waals surface area contributed by atoms with Crippen molar-refractivity contribution < 1.29 is 18.8 Å². The van der Waals surface area contributed by atoms with Gasteiger partial charge >= 0.3 is 6.09 Å². The number of carbonyl (C=O) groups is 1. The second-order valence-electron chi connectivity index (χ2n) is 6.92. The lowest BCUT2D eigenvalue weighted by Crippen LogP contribution is -2.49. The zero-order valence-electron chi connectivity index (χ0n) is 14.5. The summed E-state index contributed by atoms with van der Waals surface area (Å²) in [5.74, 6) is 0.940. The van der Waals surface area contributed by atoms with Gasteiger partial charge < -0.3 is 19.3 Å². The van der Waals surface area contributed by atoms with Crippen LogP contribution in [-0.2, 0) is 21.6 Å². The summed E-state index contributed by atoms with van der Waals surface area (Å²) < 4.78 is 15.9. The Morgan fingerprint density at radius 3 is 2.61 bits per heavy atom. The maximum absolute atomic E-state index is 12.2. The zero-order chi connectivity index (χ0) is 16.9. The van der Waals surface area contributed by atoms with Crippen LogP contribution in [0.4, 0.5) is 4.79 Å². The maximum atomic E-state index is 12.2. The van der Waals surface area contributed by atoms with Crippen molar-refractivity contribution >= 4 is 6.09 Å². The Kier molecular flexibility index (Phi) is 5.62. The van der Waals surface area contributed by atoms with Gasteiger partial charge in [0.25, 0.3) is 5.89 Å². The van der Waals surface area contributed by atoms with E-state index in [0.717, 1.165) is 32.1 Å². The van der Waals surface area contributed by atoms with Crippen LogP contribution in [0.25, 0.3) is 0 Å². The summed E-state index contributed by atoms with van der Waals surface area (Å²) in [4.78, 5) is 16.7. The summed E-state index contributed by atoms with van der Waals surface area (Å²) in [7, 11) is 0. The molecule has 7 heteroatoms. The molecule has 1 aliphatic rings. The van der Waals surface area contributed by atoms with Gasteiger partial charge in [0.1, 0.15) is 17.7 Å². The van der Waals surface area contributed by atoms with Crippen molar-refractivity contribution in [1.82, 2.24) is 15.5 Å². The van der Waals surface area contributed by atoms with Crippen LogP contribution in [0, 0.1) is 0 Å². The third kappa shape index (κ3) is 4.92. The summed E-state index contributed by atoms with van der Waals surface area (Å²) in [5.41, 5.74) is -1.16. The molecule has 7 nitrogen and oxygen atoms in total. The fourth-order valence-corrected chi connectivity index (χ4v) is 2.76. The second-order valence-corrected chi connectivity index (χ2v) is 6.92. The number of hydrogen-bond acceptors (Lipinski definition) is 6. The highest BCUT2D eigenvalue weighted by Gasteiger charge is 2.41. The van der Waals surface area contributed by atoms with Crippen molar-refractivity contribution in [2.24, 2.45) is 0 Å². The molecule has 0 bridgehead atoms. The van der Waals surface area contributed by atoms with Crippen LogP contribution >= 0.6 is 0 Å². The molecule has 1 saturated carbocycles. The summed E-state index contributed by atoms with van der Waals surface area (Å²) in [6.07, 6.45) is 4.26. The lowest BCUT2D eigenvalue weighted by atomic mass is 9.81. The normalized spacial score (nSPS) is 17.7. The average molecular weight is 325 g/mol. The monoisotopic (exact) mass is 325 g/mol. The number of alkyl carbamates (subject to hydrolysis) is 1. The third-order valence-electron chi connectivity index (χ3n) is 3.77. The first-order valence-corrected chi connectivity index (χ1v) is 8.27. The van der Waals surface area contributed by atoms with E-state index < -0.39 is 17.2 Å². The Morgan fingerprint density at radius 1 is 1.30 bits per heavy atom. The Morgan fingerprint density at radius 2 is 2.00 bits per heavy atom. The highest BCUT2D eigenvalue weighted by Crippen LogP contribution is 2.36. The number of nitrogens with one attached hydrogen (secondary N) is 1. The van der Waals surface area contributed by atoms with E-state index in [0.29, 0.717) is 18.3 Å². The van der Waals surface area contributed by atoms with Gasteiger partial charge in [-0.15, -0.1) is 0 Å². The van der Waals surface area contributed by atoms with E-state index >= 15 is 0 Å². The number of hydrogen-bond donors (Lipinski definition) is 1. The average Bonchev–Trinajstić information content (AvgIpc) is 2.93. The molecule has 1 fully saturated rings. The van der Waals surface area contributed by atoms with Gasteiger partial charge in [0.15, 0.2) is 5.82 Å². The molecule has 23 heavy (non-hydrogen) atoms. The molecular formula is C16H27N3O4. The van der Waals surface area contributed by atoms with E-state index in [9.17, 15) is 4.79 Å². The first-order valence-electron chi connectivity index (χ1n) is 8.27. The molecule has 1 aromatic rings. The molecule has 130 valence electrons.